The highest BCUT2D eigenvalue weighted by Crippen LogP contribution is 2.33. The molecule has 0 N–H and O–H groups in total. The minimum absolute atomic E-state index is 0. The highest BCUT2D eigenvalue weighted by Gasteiger charge is 2.22. The number of hydrogen-bond acceptors (Lipinski definition) is 6. The Kier molecular flexibility index (Phi) is 9.43. The molecule has 2 heterocycles. The molecule has 0 spiro atoms. The molecule has 0 unspecified atom stereocenters. The van der Waals surface area contributed by atoms with E-state index in [2.05, 4.69) is 10.2 Å². The highest BCUT2D eigenvalue weighted by molar-refractivity contribution is 7.90. The van der Waals surface area contributed by atoms with Crippen LogP contribution in [0.4, 0.5) is 8.78 Å². The number of benzene rings is 1. The average Bonchev–Trinajstić information content (AvgIpc) is 3.18. The van der Waals surface area contributed by atoms with Crippen molar-refractivity contribution in [3.8, 4) is 5.88 Å². The van der Waals surface area contributed by atoms with Gasteiger partial charge in [-0.3, -0.25) is 4.68 Å². The van der Waals surface area contributed by atoms with Gasteiger partial charge in [0, 0.05) is 49.7 Å². The molecule has 0 saturated carbocycles. The smallest absolute Gasteiger partial charge is 0.261 e. The summed E-state index contributed by atoms with van der Waals surface area (Å²) in [5, 5.41) is 8.91. The third kappa shape index (κ3) is 6.80. The van der Waals surface area contributed by atoms with Crippen molar-refractivity contribution in [1.82, 2.24) is 19.6 Å². The zero-order valence-corrected chi connectivity index (χ0v) is 21.2. The predicted molar refractivity (Wildman–Crippen MR) is 130 cm³/mol. The molecular weight excluding hydrogens is 502 g/mol. The van der Waals surface area contributed by atoms with E-state index in [1.807, 2.05) is 27.1 Å². The number of nitrogens with zero attached hydrogens (tertiary/aromatic N) is 4. The Morgan fingerprint density at radius 3 is 2.31 bits per heavy atom. The number of aryl methyl sites for hydroxylation is 4. The summed E-state index contributed by atoms with van der Waals surface area (Å²) in [6.45, 7) is 2.85. The molecule has 1 aromatic carbocycles. The zero-order chi connectivity index (χ0) is 25.2. The van der Waals surface area contributed by atoms with Crippen LogP contribution in [0.3, 0.4) is 0 Å². The van der Waals surface area contributed by atoms with Gasteiger partial charge in [-0.25, -0.2) is 21.9 Å². The van der Waals surface area contributed by atoms with Gasteiger partial charge in [0.1, 0.15) is 13.2 Å². The number of aromatic nitrogens is 4. The van der Waals surface area contributed by atoms with Crippen LogP contribution in [0.1, 0.15) is 41.1 Å². The second-order valence-corrected chi connectivity index (χ2v) is 10.4. The van der Waals surface area contributed by atoms with E-state index in [1.54, 1.807) is 22.5 Å². The number of hydrogen-bond donors (Lipinski definition) is 0. The van der Waals surface area contributed by atoms with Gasteiger partial charge in [0.2, 0.25) is 5.88 Å². The van der Waals surface area contributed by atoms with Crippen LogP contribution in [0.5, 0.6) is 5.88 Å². The van der Waals surface area contributed by atoms with Crippen molar-refractivity contribution in [3.63, 3.8) is 0 Å². The van der Waals surface area contributed by atoms with Gasteiger partial charge in [0.15, 0.2) is 9.84 Å². The summed E-state index contributed by atoms with van der Waals surface area (Å²) in [4.78, 5) is -0.0537. The number of ether oxygens (including phenoxy) is 2. The number of alkyl halides is 2. The highest BCUT2D eigenvalue weighted by atomic mass is 35.5. The van der Waals surface area contributed by atoms with E-state index in [1.165, 1.54) is 6.07 Å². The molecule has 194 valence electrons. The topological polar surface area (TPSA) is 88.2 Å². The van der Waals surface area contributed by atoms with Crippen LogP contribution in [0.25, 0.3) is 0 Å². The summed E-state index contributed by atoms with van der Waals surface area (Å²) < 4.78 is 64.0. The quantitative estimate of drug-likeness (QED) is 0.384. The van der Waals surface area contributed by atoms with E-state index in [9.17, 15) is 17.2 Å². The Bertz CT molecular complexity index is 1290. The molecule has 0 radical (unpaired) electrons. The van der Waals surface area contributed by atoms with E-state index < -0.39 is 22.9 Å². The van der Waals surface area contributed by atoms with Crippen LogP contribution in [0.2, 0.25) is 5.02 Å². The Hall–Kier alpha value is -2.50. The Balaban J connectivity index is 0.00000432. The number of halogens is 3. The van der Waals surface area contributed by atoms with Crippen LogP contribution in [0, 0.1) is 13.8 Å². The van der Waals surface area contributed by atoms with E-state index >= 15 is 0 Å². The lowest BCUT2D eigenvalue weighted by atomic mass is 10.0. The lowest BCUT2D eigenvalue weighted by Crippen LogP contribution is -2.10. The third-order valence-corrected chi connectivity index (χ3v) is 6.96. The molecule has 0 bridgehead atoms. The molecule has 2 aromatic heterocycles. The molecule has 8 nitrogen and oxygen atoms in total. The van der Waals surface area contributed by atoms with E-state index in [0.29, 0.717) is 24.5 Å². The molecule has 0 amide bonds. The third-order valence-electron chi connectivity index (χ3n) is 5.31. The minimum Gasteiger partial charge on any atom is -0.473 e. The first-order valence-electron chi connectivity index (χ1n) is 10.4. The van der Waals surface area contributed by atoms with Crippen molar-refractivity contribution < 1.29 is 26.7 Å². The van der Waals surface area contributed by atoms with Gasteiger partial charge >= 0.3 is 0 Å². The molecule has 0 atom stereocenters. The van der Waals surface area contributed by atoms with Crippen molar-refractivity contribution in [2.24, 2.45) is 14.1 Å². The Labute approximate surface area is 209 Å². The van der Waals surface area contributed by atoms with Crippen LogP contribution in [-0.2, 0) is 48.3 Å². The largest absolute Gasteiger partial charge is 0.473 e. The first kappa shape index (κ1) is 28.7. The van der Waals surface area contributed by atoms with Gasteiger partial charge in [0.25, 0.3) is 6.43 Å². The monoisotopic (exact) mass is 532 g/mol. The van der Waals surface area contributed by atoms with Crippen molar-refractivity contribution in [3.05, 3.63) is 57.0 Å². The second kappa shape index (κ2) is 11.5. The summed E-state index contributed by atoms with van der Waals surface area (Å²) in [5.74, 6) is 0.541. The molecule has 12 heteroatoms. The van der Waals surface area contributed by atoms with Crippen molar-refractivity contribution in [1.29, 1.82) is 0 Å². The first-order valence-corrected chi connectivity index (χ1v) is 12.7. The zero-order valence-electron chi connectivity index (χ0n) is 19.6. The summed E-state index contributed by atoms with van der Waals surface area (Å²) in [6.07, 6.45) is 0.535. The molecule has 35 heavy (non-hydrogen) atoms. The van der Waals surface area contributed by atoms with Gasteiger partial charge < -0.3 is 9.47 Å². The molecule has 0 aliphatic rings. The molecule has 3 rings (SSSR count). The molecule has 0 saturated heterocycles. The van der Waals surface area contributed by atoms with Crippen LogP contribution in [-0.4, -0.2) is 47.3 Å². The van der Waals surface area contributed by atoms with E-state index in [-0.39, 0.29) is 29.5 Å². The van der Waals surface area contributed by atoms with Gasteiger partial charge in [-0.05, 0) is 25.5 Å². The second-order valence-electron chi connectivity index (χ2n) is 8.07. The Morgan fingerprint density at radius 2 is 1.74 bits per heavy atom. The van der Waals surface area contributed by atoms with Crippen LogP contribution >= 0.6 is 11.6 Å². The van der Waals surface area contributed by atoms with Gasteiger partial charge in [-0.1, -0.05) is 25.1 Å². The van der Waals surface area contributed by atoms with Crippen molar-refractivity contribution in [2.45, 2.75) is 52.2 Å². The Morgan fingerprint density at radius 1 is 1.06 bits per heavy atom. The standard InChI is InChI=1S/C22H27ClF2N4O4S.CH4/c1-13-16(9-28(3)26-13)10-33-22-17(14(2)27-29(22)4)8-15-6-7-19(34(5,30)31)18(21(15)23)11-32-12-20(24)25;/h6-7,9,20H,8,10-12H2,1-5H3;1H4. The molecule has 3 aromatic rings. The maximum absolute atomic E-state index is 12.5. The summed E-state index contributed by atoms with van der Waals surface area (Å²) in [5.41, 5.74) is 4.04. The van der Waals surface area contributed by atoms with Crippen LogP contribution in [0.15, 0.2) is 23.2 Å². The molecule has 0 aliphatic carbocycles. The van der Waals surface area contributed by atoms with E-state index in [4.69, 9.17) is 21.1 Å². The summed E-state index contributed by atoms with van der Waals surface area (Å²) in [6, 6.07) is 3.03. The number of rotatable bonds is 10. The maximum Gasteiger partial charge on any atom is 0.261 e. The average molecular weight is 533 g/mol. The lowest BCUT2D eigenvalue weighted by Gasteiger charge is -2.15. The summed E-state index contributed by atoms with van der Waals surface area (Å²) in [7, 11) is -0.0528. The van der Waals surface area contributed by atoms with Crippen molar-refractivity contribution >= 4 is 21.4 Å². The number of sulfone groups is 1. The molecular formula is C23H31ClF2N4O4S. The van der Waals surface area contributed by atoms with Crippen LogP contribution < -0.4 is 4.74 Å². The first-order chi connectivity index (χ1) is 15.9. The normalized spacial score (nSPS) is 11.7. The fourth-order valence-corrected chi connectivity index (χ4v) is 4.98. The fourth-order valence-electron chi connectivity index (χ4n) is 3.71. The molecule has 0 fully saturated rings. The fraction of sp³-hybridized carbons (Fsp3) is 0.478. The predicted octanol–water partition coefficient (Wildman–Crippen LogP) is 4.41. The maximum atomic E-state index is 12.5. The van der Waals surface area contributed by atoms with Gasteiger partial charge in [0.05, 0.1) is 27.9 Å². The SMILES string of the molecule is C.Cc1nn(C)cc1COc1c(Cc2ccc(S(C)(=O)=O)c(COCC(F)F)c2Cl)c(C)nn1C. The van der Waals surface area contributed by atoms with Gasteiger partial charge in [-0.15, -0.1) is 0 Å². The van der Waals surface area contributed by atoms with Crippen molar-refractivity contribution in [2.75, 3.05) is 12.9 Å². The van der Waals surface area contributed by atoms with Gasteiger partial charge in [-0.2, -0.15) is 10.2 Å². The minimum atomic E-state index is -3.65. The lowest BCUT2D eigenvalue weighted by molar-refractivity contribution is 0.00923. The molecule has 0 aliphatic heterocycles. The summed E-state index contributed by atoms with van der Waals surface area (Å²) >= 11 is 6.58. The van der Waals surface area contributed by atoms with E-state index in [0.717, 1.165) is 28.8 Å².